The van der Waals surface area contributed by atoms with Crippen molar-refractivity contribution in [2.24, 2.45) is 0 Å². The molecule has 0 spiro atoms. The van der Waals surface area contributed by atoms with Crippen molar-refractivity contribution in [1.82, 2.24) is 9.80 Å². The van der Waals surface area contributed by atoms with Gasteiger partial charge < -0.3 is 9.80 Å². The fraction of sp³-hybridized carbons (Fsp3) is 0.800. The van der Waals surface area contributed by atoms with Crippen LogP contribution in [-0.2, 0) is 0 Å². The molecule has 2 amide bonds. The van der Waals surface area contributed by atoms with Crippen LogP contribution in [0.3, 0.4) is 0 Å². The molecule has 0 heterocycles. The third-order valence-corrected chi connectivity index (χ3v) is 9.84. The highest BCUT2D eigenvalue weighted by molar-refractivity contribution is 9.10. The van der Waals surface area contributed by atoms with Gasteiger partial charge in [0.05, 0.1) is 5.56 Å². The molecule has 0 aromatic heterocycles. The molecule has 0 saturated carbocycles. The molecule has 1 aromatic carbocycles. The second kappa shape index (κ2) is 28.8. The molecule has 0 radical (unpaired) electrons. The number of amides is 2. The maximum Gasteiger partial charge on any atom is 0.255 e. The molecule has 45 heavy (non-hydrogen) atoms. The second-order valence-corrected chi connectivity index (χ2v) is 14.2. The highest BCUT2D eigenvalue weighted by Gasteiger charge is 2.22. The van der Waals surface area contributed by atoms with E-state index in [0.29, 0.717) is 11.1 Å². The van der Waals surface area contributed by atoms with Crippen LogP contribution in [0.2, 0.25) is 0 Å². The minimum Gasteiger partial charge on any atom is -0.339 e. The van der Waals surface area contributed by atoms with Gasteiger partial charge in [-0.15, -0.1) is 0 Å². The predicted molar refractivity (Wildman–Crippen MR) is 199 cm³/mol. The molecule has 1 rings (SSSR count). The quantitative estimate of drug-likeness (QED) is 0.0754. The fourth-order valence-corrected chi connectivity index (χ4v) is 6.55. The Morgan fingerprint density at radius 2 is 0.778 bits per heavy atom. The lowest BCUT2D eigenvalue weighted by Gasteiger charge is -2.25. The van der Waals surface area contributed by atoms with Gasteiger partial charge in [0.15, 0.2) is 0 Å². The Kier molecular flexibility index (Phi) is 26.7. The van der Waals surface area contributed by atoms with Crippen LogP contribution >= 0.6 is 15.9 Å². The zero-order valence-electron chi connectivity index (χ0n) is 30.1. The van der Waals surface area contributed by atoms with Crippen molar-refractivity contribution in [3.05, 3.63) is 33.8 Å². The molecule has 0 saturated heterocycles. The fourth-order valence-electron chi connectivity index (χ4n) is 6.14. The van der Waals surface area contributed by atoms with Gasteiger partial charge in [0.2, 0.25) is 0 Å². The lowest BCUT2D eigenvalue weighted by Crippen LogP contribution is -2.35. The first-order valence-electron chi connectivity index (χ1n) is 19.4. The van der Waals surface area contributed by atoms with E-state index < -0.39 is 0 Å². The van der Waals surface area contributed by atoms with E-state index in [1.807, 2.05) is 18.2 Å². The summed E-state index contributed by atoms with van der Waals surface area (Å²) >= 11 is 3.68. The monoisotopic (exact) mass is 690 g/mol. The summed E-state index contributed by atoms with van der Waals surface area (Å²) in [6, 6.07) is 5.70. The van der Waals surface area contributed by atoms with Gasteiger partial charge >= 0.3 is 0 Å². The van der Waals surface area contributed by atoms with Crippen LogP contribution in [0.15, 0.2) is 22.7 Å². The lowest BCUT2D eigenvalue weighted by atomic mass is 10.1. The van der Waals surface area contributed by atoms with Crippen molar-refractivity contribution in [3.8, 4) is 0 Å². The Hall–Kier alpha value is -1.36. The number of rotatable bonds is 30. The van der Waals surface area contributed by atoms with Gasteiger partial charge in [-0.05, 0) is 59.8 Å². The van der Waals surface area contributed by atoms with Crippen LogP contribution in [0.25, 0.3) is 0 Å². The van der Waals surface area contributed by atoms with Crippen molar-refractivity contribution < 1.29 is 9.59 Å². The van der Waals surface area contributed by atoms with Crippen molar-refractivity contribution in [1.29, 1.82) is 0 Å². The second-order valence-electron chi connectivity index (χ2n) is 13.4. The van der Waals surface area contributed by atoms with E-state index in [-0.39, 0.29) is 11.8 Å². The average molecular weight is 692 g/mol. The van der Waals surface area contributed by atoms with Gasteiger partial charge in [-0.3, -0.25) is 9.59 Å². The first-order valence-corrected chi connectivity index (χ1v) is 20.2. The van der Waals surface area contributed by atoms with Gasteiger partial charge in [0.1, 0.15) is 0 Å². The zero-order valence-corrected chi connectivity index (χ0v) is 31.7. The number of nitrogens with zero attached hydrogens (tertiary/aromatic N) is 2. The number of carbonyl (C=O) groups is 2. The molecular formula is C40H71BrN2O2. The first kappa shape index (κ1) is 41.7. The van der Waals surface area contributed by atoms with Crippen molar-refractivity contribution in [2.45, 2.75) is 182 Å². The van der Waals surface area contributed by atoms with E-state index in [9.17, 15) is 9.59 Å². The molecule has 0 unspecified atom stereocenters. The molecule has 0 atom stereocenters. The first-order chi connectivity index (χ1) is 22.0. The molecule has 0 fully saturated rings. The van der Waals surface area contributed by atoms with E-state index in [1.165, 1.54) is 128 Å². The van der Waals surface area contributed by atoms with Crippen LogP contribution in [0.4, 0.5) is 0 Å². The van der Waals surface area contributed by atoms with E-state index >= 15 is 0 Å². The number of carbonyl (C=O) groups excluding carboxylic acids is 2. The van der Waals surface area contributed by atoms with Crippen molar-refractivity contribution in [2.75, 3.05) is 26.2 Å². The third kappa shape index (κ3) is 19.8. The van der Waals surface area contributed by atoms with E-state index in [0.717, 1.165) is 56.3 Å². The summed E-state index contributed by atoms with van der Waals surface area (Å²) in [5.74, 6) is 0.147. The standard InChI is InChI=1S/C40H71BrN2O2/c1-5-9-13-17-21-25-31-42(32-26-22-18-14-10-6-2)39(44)36-29-30-38(41)37(35-36)40(45)43(33-27-23-19-15-11-7-3)34-28-24-20-16-12-8-4/h29-30,35H,5-28,31-34H2,1-4H3. The predicted octanol–water partition coefficient (Wildman–Crippen LogP) is 12.8. The largest absolute Gasteiger partial charge is 0.339 e. The average Bonchev–Trinajstić information content (AvgIpc) is 3.05. The van der Waals surface area contributed by atoms with Gasteiger partial charge in [-0.2, -0.15) is 0 Å². The summed E-state index contributed by atoms with van der Waals surface area (Å²) in [6.45, 7) is 12.2. The Bertz CT molecular complexity index is 842. The Labute approximate surface area is 288 Å². The number of benzene rings is 1. The van der Waals surface area contributed by atoms with E-state index in [2.05, 4.69) is 53.4 Å². The number of hydrogen-bond donors (Lipinski definition) is 0. The van der Waals surface area contributed by atoms with Gasteiger partial charge in [0, 0.05) is 36.2 Å². The molecule has 0 aliphatic rings. The SMILES string of the molecule is CCCCCCCCN(CCCCCCCC)C(=O)c1ccc(Br)c(C(=O)N(CCCCCCCC)CCCCCCCC)c1. The van der Waals surface area contributed by atoms with Crippen LogP contribution in [-0.4, -0.2) is 47.8 Å². The molecular weight excluding hydrogens is 620 g/mol. The minimum absolute atomic E-state index is 0.0667. The topological polar surface area (TPSA) is 40.6 Å². The number of hydrogen-bond acceptors (Lipinski definition) is 2. The molecule has 260 valence electrons. The van der Waals surface area contributed by atoms with Crippen LogP contribution in [0.5, 0.6) is 0 Å². The summed E-state index contributed by atoms with van der Waals surface area (Å²) in [6.07, 6.45) is 29.2. The van der Waals surface area contributed by atoms with Gasteiger partial charge in [0.25, 0.3) is 11.8 Å². The Morgan fingerprint density at radius 3 is 1.13 bits per heavy atom. The molecule has 1 aromatic rings. The summed E-state index contributed by atoms with van der Waals surface area (Å²) in [7, 11) is 0. The molecule has 0 N–H and O–H groups in total. The highest BCUT2D eigenvalue weighted by Crippen LogP contribution is 2.23. The molecule has 5 heteroatoms. The zero-order chi connectivity index (χ0) is 33.0. The Balaban J connectivity index is 2.98. The molecule has 0 bridgehead atoms. The maximum atomic E-state index is 14.0. The summed E-state index contributed by atoms with van der Waals surface area (Å²) in [4.78, 5) is 32.1. The van der Waals surface area contributed by atoms with Crippen LogP contribution in [0, 0.1) is 0 Å². The van der Waals surface area contributed by atoms with Gasteiger partial charge in [-0.1, -0.05) is 156 Å². The third-order valence-electron chi connectivity index (χ3n) is 9.14. The smallest absolute Gasteiger partial charge is 0.255 e. The number of unbranched alkanes of at least 4 members (excludes halogenated alkanes) is 20. The molecule has 4 nitrogen and oxygen atoms in total. The van der Waals surface area contributed by atoms with E-state index in [1.54, 1.807) is 0 Å². The minimum atomic E-state index is 0.0667. The Morgan fingerprint density at radius 1 is 0.467 bits per heavy atom. The summed E-state index contributed by atoms with van der Waals surface area (Å²) in [5.41, 5.74) is 1.29. The van der Waals surface area contributed by atoms with Crippen molar-refractivity contribution in [3.63, 3.8) is 0 Å². The highest BCUT2D eigenvalue weighted by atomic mass is 79.9. The molecule has 0 aliphatic heterocycles. The summed E-state index contributed by atoms with van der Waals surface area (Å²) in [5, 5.41) is 0. The van der Waals surface area contributed by atoms with Crippen LogP contribution < -0.4 is 0 Å². The maximum absolute atomic E-state index is 14.0. The van der Waals surface area contributed by atoms with E-state index in [4.69, 9.17) is 0 Å². The van der Waals surface area contributed by atoms with Crippen LogP contribution in [0.1, 0.15) is 203 Å². The van der Waals surface area contributed by atoms with Gasteiger partial charge in [-0.25, -0.2) is 0 Å². The normalized spacial score (nSPS) is 11.2. The number of halogens is 1. The lowest BCUT2D eigenvalue weighted by molar-refractivity contribution is 0.0747. The van der Waals surface area contributed by atoms with Crippen molar-refractivity contribution >= 4 is 27.7 Å². The molecule has 0 aliphatic carbocycles. The summed E-state index contributed by atoms with van der Waals surface area (Å²) < 4.78 is 0.790.